The van der Waals surface area contributed by atoms with Gasteiger partial charge in [-0.2, -0.15) is 0 Å². The Labute approximate surface area is 126 Å². The van der Waals surface area contributed by atoms with Crippen LogP contribution in [0.15, 0.2) is 18.2 Å². The summed E-state index contributed by atoms with van der Waals surface area (Å²) in [7, 11) is 0. The SMILES string of the molecule is Cc1ccc2c(c1)nc(C1CCCCCC1N)n2C1CC1. The first-order chi connectivity index (χ1) is 10.2. The van der Waals surface area contributed by atoms with Crippen LogP contribution in [0.1, 0.15) is 68.3 Å². The molecular weight excluding hydrogens is 258 g/mol. The van der Waals surface area contributed by atoms with E-state index in [4.69, 9.17) is 10.7 Å². The van der Waals surface area contributed by atoms with Gasteiger partial charge in [-0.05, 0) is 50.3 Å². The number of nitrogens with zero attached hydrogens (tertiary/aromatic N) is 2. The molecule has 2 atom stereocenters. The third kappa shape index (κ3) is 2.38. The average molecular weight is 283 g/mol. The molecule has 0 bridgehead atoms. The van der Waals surface area contributed by atoms with Gasteiger partial charge in [0.1, 0.15) is 5.82 Å². The molecule has 3 heteroatoms. The number of imidazole rings is 1. The summed E-state index contributed by atoms with van der Waals surface area (Å²) in [4.78, 5) is 5.03. The van der Waals surface area contributed by atoms with Crippen LogP contribution in [0.4, 0.5) is 0 Å². The fraction of sp³-hybridized carbons (Fsp3) is 0.611. The van der Waals surface area contributed by atoms with E-state index in [1.165, 1.54) is 55.4 Å². The van der Waals surface area contributed by atoms with Crippen LogP contribution in [0, 0.1) is 6.92 Å². The zero-order chi connectivity index (χ0) is 14.4. The van der Waals surface area contributed by atoms with E-state index in [0.29, 0.717) is 12.0 Å². The van der Waals surface area contributed by atoms with Crippen molar-refractivity contribution in [1.29, 1.82) is 0 Å². The first-order valence-corrected chi connectivity index (χ1v) is 8.48. The fourth-order valence-corrected chi connectivity index (χ4v) is 3.86. The van der Waals surface area contributed by atoms with Crippen molar-refractivity contribution >= 4 is 11.0 Å². The molecule has 4 rings (SSSR count). The second-order valence-corrected chi connectivity index (χ2v) is 6.97. The molecule has 3 nitrogen and oxygen atoms in total. The lowest BCUT2D eigenvalue weighted by Gasteiger charge is -2.22. The van der Waals surface area contributed by atoms with Gasteiger partial charge < -0.3 is 10.3 Å². The highest BCUT2D eigenvalue weighted by molar-refractivity contribution is 5.77. The highest BCUT2D eigenvalue weighted by atomic mass is 15.1. The molecule has 0 radical (unpaired) electrons. The van der Waals surface area contributed by atoms with Crippen LogP contribution < -0.4 is 5.73 Å². The Hall–Kier alpha value is -1.35. The molecule has 2 aliphatic carbocycles. The minimum absolute atomic E-state index is 0.280. The number of nitrogens with two attached hydrogens (primary N) is 1. The van der Waals surface area contributed by atoms with Crippen LogP contribution in [0.2, 0.25) is 0 Å². The van der Waals surface area contributed by atoms with Gasteiger partial charge in [0.25, 0.3) is 0 Å². The molecule has 1 aromatic carbocycles. The maximum atomic E-state index is 6.50. The Morgan fingerprint density at radius 3 is 2.71 bits per heavy atom. The van der Waals surface area contributed by atoms with Gasteiger partial charge in [-0.3, -0.25) is 0 Å². The summed E-state index contributed by atoms with van der Waals surface area (Å²) >= 11 is 0. The molecule has 0 spiro atoms. The van der Waals surface area contributed by atoms with E-state index in [2.05, 4.69) is 29.7 Å². The van der Waals surface area contributed by atoms with E-state index in [1.807, 2.05) is 0 Å². The molecule has 1 aromatic heterocycles. The molecule has 0 saturated heterocycles. The lowest BCUT2D eigenvalue weighted by molar-refractivity contribution is 0.465. The Balaban J connectivity index is 1.84. The predicted octanol–water partition coefficient (Wildman–Crippen LogP) is 4.05. The van der Waals surface area contributed by atoms with E-state index >= 15 is 0 Å². The Morgan fingerprint density at radius 2 is 1.90 bits per heavy atom. The zero-order valence-electron chi connectivity index (χ0n) is 12.9. The van der Waals surface area contributed by atoms with Crippen molar-refractivity contribution in [3.8, 4) is 0 Å². The molecule has 112 valence electrons. The largest absolute Gasteiger partial charge is 0.327 e. The van der Waals surface area contributed by atoms with Crippen molar-refractivity contribution in [3.05, 3.63) is 29.6 Å². The van der Waals surface area contributed by atoms with Crippen molar-refractivity contribution in [2.45, 2.75) is 69.9 Å². The van der Waals surface area contributed by atoms with E-state index in [1.54, 1.807) is 0 Å². The van der Waals surface area contributed by atoms with Crippen LogP contribution in [0.25, 0.3) is 11.0 Å². The molecule has 0 amide bonds. The van der Waals surface area contributed by atoms with Crippen molar-refractivity contribution in [1.82, 2.24) is 9.55 Å². The van der Waals surface area contributed by atoms with Crippen LogP contribution >= 0.6 is 0 Å². The first kappa shape index (κ1) is 13.3. The maximum absolute atomic E-state index is 6.50. The van der Waals surface area contributed by atoms with Gasteiger partial charge in [0.2, 0.25) is 0 Å². The summed E-state index contributed by atoms with van der Waals surface area (Å²) in [5.74, 6) is 1.72. The lowest BCUT2D eigenvalue weighted by atomic mass is 9.94. The molecule has 2 N–H and O–H groups in total. The molecule has 21 heavy (non-hydrogen) atoms. The Kier molecular flexibility index (Phi) is 3.26. The second-order valence-electron chi connectivity index (χ2n) is 6.97. The molecule has 2 aliphatic rings. The third-order valence-corrected chi connectivity index (χ3v) is 5.19. The number of aromatic nitrogens is 2. The summed E-state index contributed by atoms with van der Waals surface area (Å²) in [6.45, 7) is 2.15. The predicted molar refractivity (Wildman–Crippen MR) is 86.5 cm³/mol. The van der Waals surface area contributed by atoms with E-state index in [9.17, 15) is 0 Å². The number of fused-ring (bicyclic) bond motifs is 1. The van der Waals surface area contributed by atoms with Crippen molar-refractivity contribution in [2.24, 2.45) is 5.73 Å². The number of benzene rings is 1. The minimum Gasteiger partial charge on any atom is -0.327 e. The first-order valence-electron chi connectivity index (χ1n) is 8.48. The van der Waals surface area contributed by atoms with Gasteiger partial charge >= 0.3 is 0 Å². The van der Waals surface area contributed by atoms with E-state index in [0.717, 1.165) is 11.9 Å². The summed E-state index contributed by atoms with van der Waals surface area (Å²) in [6.07, 6.45) is 8.86. The molecule has 0 aliphatic heterocycles. The van der Waals surface area contributed by atoms with Crippen LogP contribution in [-0.2, 0) is 0 Å². The standard InChI is InChI=1S/C18H25N3/c1-12-7-10-17-16(11-12)20-18(21(17)13-8-9-13)14-5-3-2-4-6-15(14)19/h7,10-11,13-15H,2-6,8-9,19H2,1H3. The highest BCUT2D eigenvalue weighted by Crippen LogP contribution is 2.42. The third-order valence-electron chi connectivity index (χ3n) is 5.19. The average Bonchev–Trinajstić information content (AvgIpc) is 3.25. The van der Waals surface area contributed by atoms with E-state index < -0.39 is 0 Å². The number of hydrogen-bond donors (Lipinski definition) is 1. The van der Waals surface area contributed by atoms with Crippen LogP contribution in [-0.4, -0.2) is 15.6 Å². The highest BCUT2D eigenvalue weighted by Gasteiger charge is 2.33. The monoisotopic (exact) mass is 283 g/mol. The quantitative estimate of drug-likeness (QED) is 0.845. The number of rotatable bonds is 2. The summed E-state index contributed by atoms with van der Waals surface area (Å²) in [5, 5.41) is 0. The maximum Gasteiger partial charge on any atom is 0.114 e. The van der Waals surface area contributed by atoms with Crippen molar-refractivity contribution in [2.75, 3.05) is 0 Å². The van der Waals surface area contributed by atoms with E-state index in [-0.39, 0.29) is 6.04 Å². The molecule has 1 heterocycles. The smallest absolute Gasteiger partial charge is 0.114 e. The molecule has 2 unspecified atom stereocenters. The summed E-state index contributed by atoms with van der Waals surface area (Å²) in [6, 6.07) is 7.63. The molecule has 2 fully saturated rings. The lowest BCUT2D eigenvalue weighted by Crippen LogP contribution is -2.29. The van der Waals surface area contributed by atoms with Gasteiger partial charge in [-0.25, -0.2) is 4.98 Å². The topological polar surface area (TPSA) is 43.8 Å². The summed E-state index contributed by atoms with van der Waals surface area (Å²) in [5.41, 5.74) is 10.3. The van der Waals surface area contributed by atoms with Gasteiger partial charge in [-0.1, -0.05) is 25.3 Å². The van der Waals surface area contributed by atoms with Crippen LogP contribution in [0.5, 0.6) is 0 Å². The molecule has 2 saturated carbocycles. The van der Waals surface area contributed by atoms with Crippen molar-refractivity contribution < 1.29 is 0 Å². The van der Waals surface area contributed by atoms with Gasteiger partial charge in [0, 0.05) is 18.0 Å². The molecular formula is C18H25N3. The summed E-state index contributed by atoms with van der Waals surface area (Å²) < 4.78 is 2.52. The van der Waals surface area contributed by atoms with Crippen molar-refractivity contribution in [3.63, 3.8) is 0 Å². The zero-order valence-corrected chi connectivity index (χ0v) is 12.9. The van der Waals surface area contributed by atoms with Gasteiger partial charge in [-0.15, -0.1) is 0 Å². The normalized spacial score (nSPS) is 27.0. The molecule has 2 aromatic rings. The Bertz CT molecular complexity index is 654. The van der Waals surface area contributed by atoms with Gasteiger partial charge in [0.15, 0.2) is 0 Å². The van der Waals surface area contributed by atoms with Crippen LogP contribution in [0.3, 0.4) is 0 Å². The number of hydrogen-bond acceptors (Lipinski definition) is 2. The minimum atomic E-state index is 0.280. The van der Waals surface area contributed by atoms with Gasteiger partial charge in [0.05, 0.1) is 11.0 Å². The number of aryl methyl sites for hydroxylation is 1. The fourth-order valence-electron chi connectivity index (χ4n) is 3.86. The second kappa shape index (κ2) is 5.13. The Morgan fingerprint density at radius 1 is 1.10 bits per heavy atom.